The van der Waals surface area contributed by atoms with Gasteiger partial charge in [0.15, 0.2) is 0 Å². The number of ether oxygens (including phenoxy) is 1. The van der Waals surface area contributed by atoms with E-state index in [4.69, 9.17) is 4.74 Å². The molecule has 2 heteroatoms. The van der Waals surface area contributed by atoms with Gasteiger partial charge in [0, 0.05) is 12.9 Å². The molecule has 0 aromatic heterocycles. The summed E-state index contributed by atoms with van der Waals surface area (Å²) in [5.41, 5.74) is 0. The van der Waals surface area contributed by atoms with Crippen molar-refractivity contribution in [3.05, 3.63) is 0 Å². The van der Waals surface area contributed by atoms with E-state index in [0.717, 1.165) is 5.75 Å². The average Bonchev–Trinajstić information content (AvgIpc) is 2.11. The van der Waals surface area contributed by atoms with E-state index in [-0.39, 0.29) is 0 Å². The van der Waals surface area contributed by atoms with Crippen LogP contribution in [0, 0.1) is 0 Å². The van der Waals surface area contributed by atoms with Gasteiger partial charge >= 0.3 is 0 Å². The first-order valence-electron chi connectivity index (χ1n) is 4.98. The Kier molecular flexibility index (Phi) is 9.64. The minimum absolute atomic E-state index is 0.370. The van der Waals surface area contributed by atoms with Crippen LogP contribution in [0.5, 0.6) is 0 Å². The first-order chi connectivity index (χ1) is 5.85. The normalized spacial score (nSPS) is 13.2. The number of hydrogen-bond acceptors (Lipinski definition) is 2. The maximum absolute atomic E-state index is 5.23. The lowest BCUT2D eigenvalue weighted by Crippen LogP contribution is -2.11. The van der Waals surface area contributed by atoms with Gasteiger partial charge in [0.2, 0.25) is 0 Å². The molecule has 0 N–H and O–H groups in total. The quantitative estimate of drug-likeness (QED) is 0.456. The van der Waals surface area contributed by atoms with Crippen LogP contribution in [-0.4, -0.2) is 19.0 Å². The summed E-state index contributed by atoms with van der Waals surface area (Å²) in [7, 11) is 1.77. The van der Waals surface area contributed by atoms with Crippen LogP contribution in [0.15, 0.2) is 0 Å². The van der Waals surface area contributed by atoms with Crippen LogP contribution >= 0.6 is 12.6 Å². The largest absolute Gasteiger partial charge is 0.381 e. The van der Waals surface area contributed by atoms with Crippen LogP contribution in [0.25, 0.3) is 0 Å². The number of thiol groups is 1. The van der Waals surface area contributed by atoms with Crippen LogP contribution < -0.4 is 0 Å². The Labute approximate surface area is 82.3 Å². The molecule has 1 unspecified atom stereocenters. The van der Waals surface area contributed by atoms with Crippen molar-refractivity contribution >= 4 is 12.6 Å². The molecule has 1 nitrogen and oxygen atoms in total. The summed E-state index contributed by atoms with van der Waals surface area (Å²) >= 11 is 4.21. The van der Waals surface area contributed by atoms with Gasteiger partial charge in [0.05, 0.1) is 6.10 Å². The van der Waals surface area contributed by atoms with Gasteiger partial charge in [-0.2, -0.15) is 12.6 Å². The molecule has 0 rings (SSSR count). The molecule has 0 heterocycles. The van der Waals surface area contributed by atoms with Gasteiger partial charge < -0.3 is 4.74 Å². The van der Waals surface area contributed by atoms with Crippen molar-refractivity contribution < 1.29 is 4.74 Å². The second-order valence-corrected chi connectivity index (χ2v) is 3.61. The number of rotatable bonds is 8. The first kappa shape index (κ1) is 12.3. The second kappa shape index (κ2) is 9.40. The minimum Gasteiger partial charge on any atom is -0.381 e. The van der Waals surface area contributed by atoms with Gasteiger partial charge in [-0.15, -0.1) is 0 Å². The van der Waals surface area contributed by atoms with Crippen LogP contribution in [0.2, 0.25) is 0 Å². The number of methoxy groups -OCH3 is 1. The Morgan fingerprint density at radius 2 is 1.83 bits per heavy atom. The molecule has 0 saturated heterocycles. The highest BCUT2D eigenvalue weighted by atomic mass is 32.1. The monoisotopic (exact) mass is 190 g/mol. The van der Waals surface area contributed by atoms with E-state index in [0.29, 0.717) is 6.10 Å². The van der Waals surface area contributed by atoms with E-state index in [1.54, 1.807) is 7.11 Å². The molecule has 0 aliphatic heterocycles. The van der Waals surface area contributed by atoms with Crippen molar-refractivity contribution in [3.8, 4) is 0 Å². The van der Waals surface area contributed by atoms with Crippen molar-refractivity contribution in [3.63, 3.8) is 0 Å². The highest BCUT2D eigenvalue weighted by Gasteiger charge is 2.02. The van der Waals surface area contributed by atoms with E-state index >= 15 is 0 Å². The molecule has 12 heavy (non-hydrogen) atoms. The summed E-state index contributed by atoms with van der Waals surface area (Å²) in [6.07, 6.45) is 8.25. The SMILES string of the molecule is CCCCCCCC(CS)OC. The Morgan fingerprint density at radius 3 is 2.33 bits per heavy atom. The zero-order valence-electron chi connectivity index (χ0n) is 8.38. The van der Waals surface area contributed by atoms with Gasteiger partial charge in [0.1, 0.15) is 0 Å². The molecule has 74 valence electrons. The minimum atomic E-state index is 0.370. The van der Waals surface area contributed by atoms with Crippen molar-refractivity contribution in [1.82, 2.24) is 0 Å². The van der Waals surface area contributed by atoms with E-state index in [1.807, 2.05) is 0 Å². The van der Waals surface area contributed by atoms with Gasteiger partial charge in [0.25, 0.3) is 0 Å². The summed E-state index contributed by atoms with van der Waals surface area (Å²) in [6, 6.07) is 0. The molecule has 0 radical (unpaired) electrons. The molecule has 0 amide bonds. The standard InChI is InChI=1S/C10H22OS/c1-3-4-5-6-7-8-10(9-12)11-2/h10,12H,3-9H2,1-2H3. The molecule has 0 aromatic rings. The van der Waals surface area contributed by atoms with Gasteiger partial charge in [-0.1, -0.05) is 39.0 Å². The van der Waals surface area contributed by atoms with Crippen molar-refractivity contribution in [2.45, 2.75) is 51.6 Å². The molecule has 0 spiro atoms. The molecule has 0 saturated carbocycles. The Bertz CT molecular complexity index is 81.9. The maximum Gasteiger partial charge on any atom is 0.0659 e. The van der Waals surface area contributed by atoms with Crippen molar-refractivity contribution in [2.24, 2.45) is 0 Å². The van der Waals surface area contributed by atoms with E-state index < -0.39 is 0 Å². The van der Waals surface area contributed by atoms with Gasteiger partial charge in [-0.25, -0.2) is 0 Å². The zero-order chi connectivity index (χ0) is 9.23. The lowest BCUT2D eigenvalue weighted by atomic mass is 10.1. The molecule has 0 fully saturated rings. The maximum atomic E-state index is 5.23. The third kappa shape index (κ3) is 6.99. The third-order valence-electron chi connectivity index (χ3n) is 2.17. The lowest BCUT2D eigenvalue weighted by Gasteiger charge is -2.11. The highest BCUT2D eigenvalue weighted by molar-refractivity contribution is 7.80. The third-order valence-corrected chi connectivity index (χ3v) is 2.57. The molecule has 0 aromatic carbocycles. The topological polar surface area (TPSA) is 9.23 Å². The number of unbranched alkanes of at least 4 members (excludes halogenated alkanes) is 4. The van der Waals surface area contributed by atoms with E-state index in [9.17, 15) is 0 Å². The summed E-state index contributed by atoms with van der Waals surface area (Å²) < 4.78 is 5.23. The Morgan fingerprint density at radius 1 is 1.17 bits per heavy atom. The lowest BCUT2D eigenvalue weighted by molar-refractivity contribution is 0.112. The second-order valence-electron chi connectivity index (χ2n) is 3.24. The summed E-state index contributed by atoms with van der Waals surface area (Å²) in [4.78, 5) is 0. The zero-order valence-corrected chi connectivity index (χ0v) is 9.28. The highest BCUT2D eigenvalue weighted by Crippen LogP contribution is 2.09. The fourth-order valence-corrected chi connectivity index (χ4v) is 1.59. The molecular weight excluding hydrogens is 168 g/mol. The summed E-state index contributed by atoms with van der Waals surface area (Å²) in [5, 5.41) is 0. The van der Waals surface area contributed by atoms with Crippen LogP contribution in [0.3, 0.4) is 0 Å². The molecule has 0 bridgehead atoms. The molecule has 0 aliphatic carbocycles. The average molecular weight is 190 g/mol. The first-order valence-corrected chi connectivity index (χ1v) is 5.62. The number of hydrogen-bond donors (Lipinski definition) is 1. The smallest absolute Gasteiger partial charge is 0.0659 e. The fraction of sp³-hybridized carbons (Fsp3) is 1.00. The fourth-order valence-electron chi connectivity index (χ4n) is 1.26. The Balaban J connectivity index is 3.06. The van der Waals surface area contributed by atoms with Crippen LogP contribution in [0.1, 0.15) is 45.4 Å². The Hall–Kier alpha value is 0.310. The van der Waals surface area contributed by atoms with E-state index in [2.05, 4.69) is 19.6 Å². The molecule has 1 atom stereocenters. The van der Waals surface area contributed by atoms with Crippen LogP contribution in [0.4, 0.5) is 0 Å². The van der Waals surface area contributed by atoms with E-state index in [1.165, 1.54) is 38.5 Å². The summed E-state index contributed by atoms with van der Waals surface area (Å²) in [5.74, 6) is 0.851. The predicted molar refractivity (Wildman–Crippen MR) is 58.0 cm³/mol. The predicted octanol–water partition coefficient (Wildman–Crippen LogP) is 3.29. The molecule has 0 aliphatic rings. The summed E-state index contributed by atoms with van der Waals surface area (Å²) in [6.45, 7) is 2.24. The van der Waals surface area contributed by atoms with Crippen molar-refractivity contribution in [1.29, 1.82) is 0 Å². The van der Waals surface area contributed by atoms with Crippen molar-refractivity contribution in [2.75, 3.05) is 12.9 Å². The van der Waals surface area contributed by atoms with Gasteiger partial charge in [-0.05, 0) is 6.42 Å². The molecular formula is C10H22OS. The van der Waals surface area contributed by atoms with Crippen LogP contribution in [-0.2, 0) is 4.74 Å². The van der Waals surface area contributed by atoms with Gasteiger partial charge in [-0.3, -0.25) is 0 Å².